The Morgan fingerprint density at radius 2 is 2.27 bits per heavy atom. The Morgan fingerprint density at radius 1 is 1.73 bits per heavy atom. The Hall–Kier alpha value is -0.610. The molecule has 1 amide bonds. The molecule has 11 heavy (non-hydrogen) atoms. The molecule has 3 N–H and O–H groups in total. The van der Waals surface area contributed by atoms with Crippen LogP contribution in [0.1, 0.15) is 12.8 Å². The van der Waals surface area contributed by atoms with Crippen molar-refractivity contribution in [1.29, 1.82) is 0 Å². The number of carbonyl (C=O) groups is 1. The van der Waals surface area contributed by atoms with Crippen molar-refractivity contribution in [3.05, 3.63) is 0 Å². The first-order valence-corrected chi connectivity index (χ1v) is 3.71. The Labute approximate surface area is 66.0 Å². The molecule has 0 radical (unpaired) electrons. The van der Waals surface area contributed by atoms with Crippen molar-refractivity contribution in [2.75, 3.05) is 20.2 Å². The average molecular weight is 158 g/mol. The zero-order valence-corrected chi connectivity index (χ0v) is 6.71. The van der Waals surface area contributed by atoms with Crippen LogP contribution in [-0.2, 0) is 4.79 Å². The lowest BCUT2D eigenvalue weighted by molar-refractivity contribution is -0.119. The van der Waals surface area contributed by atoms with Gasteiger partial charge in [-0.1, -0.05) is 0 Å². The number of hydrogen-bond donors (Lipinski definition) is 2. The molecule has 0 spiro atoms. The van der Waals surface area contributed by atoms with E-state index in [0.717, 1.165) is 12.8 Å². The van der Waals surface area contributed by atoms with Gasteiger partial charge in [0.05, 0.1) is 13.2 Å². The minimum absolute atomic E-state index is 0.122. The van der Waals surface area contributed by atoms with E-state index in [1.807, 2.05) is 11.9 Å². The minimum Gasteiger partial charge on any atom is -0.394 e. The Balaban J connectivity index is 2.40. The summed E-state index contributed by atoms with van der Waals surface area (Å²) in [6, 6.07) is 0. The minimum atomic E-state index is -0.341. The van der Waals surface area contributed by atoms with Gasteiger partial charge in [0, 0.05) is 5.54 Å². The van der Waals surface area contributed by atoms with Crippen molar-refractivity contribution in [3.8, 4) is 0 Å². The molecule has 1 fully saturated rings. The summed E-state index contributed by atoms with van der Waals surface area (Å²) in [5, 5.41) is 8.95. The third-order valence-electron chi connectivity index (χ3n) is 2.32. The van der Waals surface area contributed by atoms with Crippen LogP contribution < -0.4 is 5.73 Å². The molecular formula is C7H14N2O2. The molecule has 0 heterocycles. The average Bonchev–Trinajstić information content (AvgIpc) is 2.65. The highest BCUT2D eigenvalue weighted by Crippen LogP contribution is 2.39. The molecule has 0 aromatic carbocycles. The van der Waals surface area contributed by atoms with Crippen LogP contribution in [0.25, 0.3) is 0 Å². The van der Waals surface area contributed by atoms with Gasteiger partial charge in [0.25, 0.3) is 0 Å². The van der Waals surface area contributed by atoms with E-state index in [-0.39, 0.29) is 24.6 Å². The smallest absolute Gasteiger partial charge is 0.231 e. The highest BCUT2D eigenvalue weighted by atomic mass is 16.3. The number of aliphatic hydroxyl groups is 1. The summed E-state index contributed by atoms with van der Waals surface area (Å²) < 4.78 is 0. The first-order chi connectivity index (χ1) is 5.10. The number of aliphatic hydroxyl groups excluding tert-OH is 1. The van der Waals surface area contributed by atoms with E-state index in [0.29, 0.717) is 0 Å². The van der Waals surface area contributed by atoms with Gasteiger partial charge in [-0.2, -0.15) is 0 Å². The molecular weight excluding hydrogens is 144 g/mol. The summed E-state index contributed by atoms with van der Waals surface area (Å²) in [7, 11) is 1.81. The largest absolute Gasteiger partial charge is 0.394 e. The van der Waals surface area contributed by atoms with Crippen molar-refractivity contribution in [2.24, 2.45) is 5.73 Å². The molecule has 1 aliphatic rings. The molecule has 0 unspecified atom stereocenters. The number of rotatable bonds is 4. The normalized spacial score (nSPS) is 20.3. The lowest BCUT2D eigenvalue weighted by atomic mass is 10.2. The van der Waals surface area contributed by atoms with Gasteiger partial charge < -0.3 is 10.8 Å². The molecule has 64 valence electrons. The Morgan fingerprint density at radius 3 is 2.55 bits per heavy atom. The van der Waals surface area contributed by atoms with Crippen molar-refractivity contribution >= 4 is 5.91 Å². The van der Waals surface area contributed by atoms with Crippen LogP contribution in [0, 0.1) is 0 Å². The van der Waals surface area contributed by atoms with E-state index in [4.69, 9.17) is 10.8 Å². The van der Waals surface area contributed by atoms with Crippen LogP contribution in [0.2, 0.25) is 0 Å². The predicted octanol–water partition coefficient (Wildman–Crippen LogP) is -1.07. The first-order valence-electron chi connectivity index (χ1n) is 3.71. The van der Waals surface area contributed by atoms with Crippen molar-refractivity contribution < 1.29 is 9.90 Å². The maximum absolute atomic E-state index is 10.5. The van der Waals surface area contributed by atoms with Gasteiger partial charge in [0.2, 0.25) is 5.91 Å². The third kappa shape index (κ3) is 1.70. The quantitative estimate of drug-likeness (QED) is 0.547. The molecule has 0 bridgehead atoms. The van der Waals surface area contributed by atoms with Crippen LogP contribution in [0.15, 0.2) is 0 Å². The molecule has 1 saturated carbocycles. The third-order valence-corrected chi connectivity index (χ3v) is 2.32. The number of amides is 1. The second-order valence-corrected chi connectivity index (χ2v) is 3.20. The van der Waals surface area contributed by atoms with E-state index in [1.165, 1.54) is 0 Å². The zero-order chi connectivity index (χ0) is 8.48. The highest BCUT2D eigenvalue weighted by Gasteiger charge is 2.45. The predicted molar refractivity (Wildman–Crippen MR) is 40.9 cm³/mol. The van der Waals surface area contributed by atoms with Crippen molar-refractivity contribution in [3.63, 3.8) is 0 Å². The fraction of sp³-hybridized carbons (Fsp3) is 0.857. The van der Waals surface area contributed by atoms with Gasteiger partial charge >= 0.3 is 0 Å². The van der Waals surface area contributed by atoms with Crippen LogP contribution in [-0.4, -0.2) is 41.7 Å². The second kappa shape index (κ2) is 2.79. The number of carbonyl (C=O) groups excluding carboxylic acids is 1. The topological polar surface area (TPSA) is 66.6 Å². The van der Waals surface area contributed by atoms with Gasteiger partial charge in [0.1, 0.15) is 0 Å². The Bertz CT molecular complexity index is 166. The van der Waals surface area contributed by atoms with Gasteiger partial charge in [0.15, 0.2) is 0 Å². The van der Waals surface area contributed by atoms with Crippen LogP contribution in [0.4, 0.5) is 0 Å². The van der Waals surface area contributed by atoms with Gasteiger partial charge in [-0.15, -0.1) is 0 Å². The summed E-state index contributed by atoms with van der Waals surface area (Å²) in [4.78, 5) is 12.3. The van der Waals surface area contributed by atoms with Crippen LogP contribution in [0.5, 0.6) is 0 Å². The molecule has 0 aromatic rings. The molecule has 1 aliphatic carbocycles. The summed E-state index contributed by atoms with van der Waals surface area (Å²) >= 11 is 0. The van der Waals surface area contributed by atoms with Crippen LogP contribution in [0.3, 0.4) is 0 Å². The Kier molecular flexibility index (Phi) is 2.15. The standard InChI is InChI=1S/C7H14N2O2/c1-9(4-6(8)11)7(5-10)2-3-7/h10H,2-5H2,1H3,(H2,8,11). The van der Waals surface area contributed by atoms with Crippen molar-refractivity contribution in [1.82, 2.24) is 4.90 Å². The van der Waals surface area contributed by atoms with Gasteiger partial charge in [-0.3, -0.25) is 9.69 Å². The number of primary amides is 1. The number of likely N-dealkylation sites (N-methyl/N-ethyl adjacent to an activating group) is 1. The summed E-state index contributed by atoms with van der Waals surface area (Å²) in [5.74, 6) is -0.341. The van der Waals surface area contributed by atoms with Crippen LogP contribution >= 0.6 is 0 Å². The van der Waals surface area contributed by atoms with Gasteiger partial charge in [-0.05, 0) is 19.9 Å². The molecule has 4 nitrogen and oxygen atoms in total. The molecule has 0 saturated heterocycles. The SMILES string of the molecule is CN(CC(N)=O)C1(CO)CC1. The monoisotopic (exact) mass is 158 g/mol. The summed E-state index contributed by atoms with van der Waals surface area (Å²) in [5.41, 5.74) is 4.88. The molecule has 1 rings (SSSR count). The van der Waals surface area contributed by atoms with Gasteiger partial charge in [-0.25, -0.2) is 0 Å². The number of nitrogens with two attached hydrogens (primary N) is 1. The fourth-order valence-electron chi connectivity index (χ4n) is 1.21. The second-order valence-electron chi connectivity index (χ2n) is 3.20. The summed E-state index contributed by atoms with van der Waals surface area (Å²) in [6.07, 6.45) is 1.93. The van der Waals surface area contributed by atoms with E-state index in [2.05, 4.69) is 0 Å². The highest BCUT2D eigenvalue weighted by molar-refractivity contribution is 5.76. The van der Waals surface area contributed by atoms with Crippen molar-refractivity contribution in [2.45, 2.75) is 18.4 Å². The van der Waals surface area contributed by atoms with E-state index >= 15 is 0 Å². The lowest BCUT2D eigenvalue weighted by Gasteiger charge is -2.24. The lowest BCUT2D eigenvalue weighted by Crippen LogP contribution is -2.42. The molecule has 0 atom stereocenters. The molecule has 0 aromatic heterocycles. The zero-order valence-electron chi connectivity index (χ0n) is 6.71. The fourth-order valence-corrected chi connectivity index (χ4v) is 1.21. The molecule has 4 heteroatoms. The number of nitrogens with zero attached hydrogens (tertiary/aromatic N) is 1. The maximum Gasteiger partial charge on any atom is 0.231 e. The first kappa shape index (κ1) is 8.49. The number of hydrogen-bond acceptors (Lipinski definition) is 3. The van der Waals surface area contributed by atoms with E-state index < -0.39 is 0 Å². The van der Waals surface area contributed by atoms with E-state index in [9.17, 15) is 4.79 Å². The maximum atomic E-state index is 10.5. The molecule has 0 aliphatic heterocycles. The van der Waals surface area contributed by atoms with E-state index in [1.54, 1.807) is 0 Å². The summed E-state index contributed by atoms with van der Waals surface area (Å²) in [6.45, 7) is 0.358.